The highest BCUT2D eigenvalue weighted by atomic mass is 32.2. The molecule has 0 aromatic heterocycles. The number of likely N-dealkylation sites (N-methyl/N-ethyl adjacent to an activating group) is 1. The molecule has 0 aliphatic carbocycles. The molecule has 0 spiro atoms. The number of hydrogen-bond donors (Lipinski definition) is 1. The molecule has 2 fully saturated rings. The van der Waals surface area contributed by atoms with Gasteiger partial charge >= 0.3 is 0 Å². The summed E-state index contributed by atoms with van der Waals surface area (Å²) >= 11 is 2.17. The zero-order valence-electron chi connectivity index (χ0n) is 10.0. The molecule has 2 heterocycles. The summed E-state index contributed by atoms with van der Waals surface area (Å²) in [4.78, 5) is 2.76. The minimum Gasteiger partial charge on any atom is -0.315 e. The summed E-state index contributed by atoms with van der Waals surface area (Å²) in [6, 6.07) is 1.64. The van der Waals surface area contributed by atoms with Crippen molar-refractivity contribution in [3.63, 3.8) is 0 Å². The quantitative estimate of drug-likeness (QED) is 0.795. The summed E-state index contributed by atoms with van der Waals surface area (Å²) in [5, 5.41) is 4.33. The molecule has 15 heavy (non-hydrogen) atoms. The molecule has 0 aromatic rings. The monoisotopic (exact) mass is 228 g/mol. The molecule has 2 nitrogen and oxygen atoms in total. The maximum Gasteiger partial charge on any atom is 0.0235 e. The lowest BCUT2D eigenvalue weighted by molar-refractivity contribution is 0.140. The molecule has 2 rings (SSSR count). The number of nitrogens with zero attached hydrogens (tertiary/aromatic N) is 1. The van der Waals surface area contributed by atoms with Crippen molar-refractivity contribution in [2.75, 3.05) is 25.4 Å². The Hall–Kier alpha value is 0.270. The molecule has 0 amide bonds. The Morgan fingerprint density at radius 2 is 2.27 bits per heavy atom. The summed E-state index contributed by atoms with van der Waals surface area (Å²) in [5.41, 5.74) is 0. The summed E-state index contributed by atoms with van der Waals surface area (Å²) in [6.45, 7) is 8.39. The van der Waals surface area contributed by atoms with Gasteiger partial charge in [-0.2, -0.15) is 11.8 Å². The van der Waals surface area contributed by atoms with Crippen LogP contribution in [0, 0.1) is 0 Å². The second-order valence-electron chi connectivity index (χ2n) is 4.76. The number of thioether (sulfide) groups is 1. The highest BCUT2D eigenvalue weighted by molar-refractivity contribution is 7.99. The van der Waals surface area contributed by atoms with Crippen molar-refractivity contribution < 1.29 is 0 Å². The van der Waals surface area contributed by atoms with Crippen molar-refractivity contribution in [2.24, 2.45) is 0 Å². The standard InChI is InChI=1S/C12H24N2S/c1-3-14(11-6-7-13-9-11)12-5-4-8-15-10(12)2/h10-13H,3-9H2,1-2H3. The van der Waals surface area contributed by atoms with Crippen molar-refractivity contribution >= 4 is 11.8 Å². The van der Waals surface area contributed by atoms with Gasteiger partial charge in [-0.25, -0.2) is 0 Å². The van der Waals surface area contributed by atoms with E-state index in [1.807, 2.05) is 0 Å². The van der Waals surface area contributed by atoms with Crippen molar-refractivity contribution in [3.8, 4) is 0 Å². The maximum absolute atomic E-state index is 3.49. The lowest BCUT2D eigenvalue weighted by atomic mass is 10.0. The van der Waals surface area contributed by atoms with Gasteiger partial charge in [-0.05, 0) is 38.1 Å². The SMILES string of the molecule is CCN(C1CCNC1)C1CCCSC1C. The Bertz CT molecular complexity index is 192. The van der Waals surface area contributed by atoms with Crippen LogP contribution in [0.15, 0.2) is 0 Å². The van der Waals surface area contributed by atoms with Gasteiger partial charge in [0.15, 0.2) is 0 Å². The largest absolute Gasteiger partial charge is 0.315 e. The van der Waals surface area contributed by atoms with Gasteiger partial charge in [0.2, 0.25) is 0 Å². The fraction of sp³-hybridized carbons (Fsp3) is 1.00. The van der Waals surface area contributed by atoms with Crippen molar-refractivity contribution in [1.29, 1.82) is 0 Å². The predicted octanol–water partition coefficient (Wildman–Crippen LogP) is 1.95. The molecule has 2 aliphatic heterocycles. The second kappa shape index (κ2) is 5.55. The van der Waals surface area contributed by atoms with Crippen LogP contribution in [0.1, 0.15) is 33.1 Å². The lowest BCUT2D eigenvalue weighted by Crippen LogP contribution is -2.49. The molecular weight excluding hydrogens is 204 g/mol. The zero-order valence-corrected chi connectivity index (χ0v) is 10.9. The molecule has 0 bridgehead atoms. The van der Waals surface area contributed by atoms with Crippen molar-refractivity contribution in [3.05, 3.63) is 0 Å². The van der Waals surface area contributed by atoms with Gasteiger partial charge in [0.05, 0.1) is 0 Å². The van der Waals surface area contributed by atoms with E-state index in [9.17, 15) is 0 Å². The fourth-order valence-electron chi connectivity index (χ4n) is 3.03. The summed E-state index contributed by atoms with van der Waals surface area (Å²) in [7, 11) is 0. The summed E-state index contributed by atoms with van der Waals surface area (Å²) < 4.78 is 0. The van der Waals surface area contributed by atoms with Gasteiger partial charge in [0.25, 0.3) is 0 Å². The molecule has 0 saturated carbocycles. The highest BCUT2D eigenvalue weighted by Crippen LogP contribution is 2.30. The molecule has 2 saturated heterocycles. The summed E-state index contributed by atoms with van der Waals surface area (Å²) in [6.07, 6.45) is 4.18. The van der Waals surface area contributed by atoms with Crippen molar-refractivity contribution in [1.82, 2.24) is 10.2 Å². The van der Waals surface area contributed by atoms with Crippen LogP contribution in [0.5, 0.6) is 0 Å². The van der Waals surface area contributed by atoms with Crippen LogP contribution in [0.4, 0.5) is 0 Å². The van der Waals surface area contributed by atoms with E-state index in [0.29, 0.717) is 0 Å². The average molecular weight is 228 g/mol. The van der Waals surface area contributed by atoms with E-state index in [4.69, 9.17) is 0 Å². The van der Waals surface area contributed by atoms with Gasteiger partial charge in [0.1, 0.15) is 0 Å². The maximum atomic E-state index is 3.49. The molecule has 0 aromatic carbocycles. The van der Waals surface area contributed by atoms with Gasteiger partial charge in [0, 0.05) is 23.9 Å². The van der Waals surface area contributed by atoms with E-state index >= 15 is 0 Å². The van der Waals surface area contributed by atoms with E-state index in [2.05, 4.69) is 35.8 Å². The molecule has 0 radical (unpaired) electrons. The van der Waals surface area contributed by atoms with Crippen LogP contribution in [0.25, 0.3) is 0 Å². The predicted molar refractivity (Wildman–Crippen MR) is 68.6 cm³/mol. The van der Waals surface area contributed by atoms with Crippen LogP contribution in [-0.4, -0.2) is 47.6 Å². The zero-order chi connectivity index (χ0) is 10.7. The minimum absolute atomic E-state index is 0.807. The molecule has 88 valence electrons. The van der Waals surface area contributed by atoms with Gasteiger partial charge < -0.3 is 5.32 Å². The Morgan fingerprint density at radius 3 is 2.87 bits per heavy atom. The minimum atomic E-state index is 0.807. The molecule has 2 aliphatic rings. The first-order chi connectivity index (χ1) is 7.33. The molecule has 3 unspecified atom stereocenters. The third-order valence-corrected chi connectivity index (χ3v) is 5.23. The van der Waals surface area contributed by atoms with E-state index in [-0.39, 0.29) is 0 Å². The average Bonchev–Trinajstić information content (AvgIpc) is 2.75. The fourth-order valence-corrected chi connectivity index (χ4v) is 4.25. The van der Waals surface area contributed by atoms with Crippen LogP contribution < -0.4 is 5.32 Å². The van der Waals surface area contributed by atoms with E-state index < -0.39 is 0 Å². The number of nitrogens with one attached hydrogen (secondary N) is 1. The number of rotatable bonds is 3. The van der Waals surface area contributed by atoms with E-state index in [0.717, 1.165) is 17.3 Å². The van der Waals surface area contributed by atoms with Crippen LogP contribution in [0.3, 0.4) is 0 Å². The van der Waals surface area contributed by atoms with E-state index in [1.54, 1.807) is 0 Å². The lowest BCUT2D eigenvalue weighted by Gasteiger charge is -2.41. The normalized spacial score (nSPS) is 37.4. The van der Waals surface area contributed by atoms with Gasteiger partial charge in [-0.1, -0.05) is 13.8 Å². The Morgan fingerprint density at radius 1 is 1.40 bits per heavy atom. The van der Waals surface area contributed by atoms with E-state index in [1.165, 1.54) is 44.6 Å². The molecular formula is C12H24N2S. The Labute approximate surface area is 98.2 Å². The van der Waals surface area contributed by atoms with Gasteiger partial charge in [-0.15, -0.1) is 0 Å². The smallest absolute Gasteiger partial charge is 0.0235 e. The Balaban J connectivity index is 1.97. The number of hydrogen-bond acceptors (Lipinski definition) is 3. The molecule has 1 N–H and O–H groups in total. The second-order valence-corrected chi connectivity index (χ2v) is 6.25. The Kier molecular flexibility index (Phi) is 4.35. The molecule has 3 heteroatoms. The third kappa shape index (κ3) is 2.69. The van der Waals surface area contributed by atoms with Gasteiger partial charge in [-0.3, -0.25) is 4.90 Å². The van der Waals surface area contributed by atoms with Crippen LogP contribution >= 0.6 is 11.8 Å². The first kappa shape index (κ1) is 11.7. The van der Waals surface area contributed by atoms with Crippen LogP contribution in [0.2, 0.25) is 0 Å². The highest BCUT2D eigenvalue weighted by Gasteiger charge is 2.32. The third-order valence-electron chi connectivity index (χ3n) is 3.86. The van der Waals surface area contributed by atoms with Crippen LogP contribution in [-0.2, 0) is 0 Å². The molecule has 3 atom stereocenters. The first-order valence-corrected chi connectivity index (χ1v) is 7.46. The first-order valence-electron chi connectivity index (χ1n) is 6.41. The summed E-state index contributed by atoms with van der Waals surface area (Å²) in [5.74, 6) is 1.37. The topological polar surface area (TPSA) is 15.3 Å². The van der Waals surface area contributed by atoms with Crippen molar-refractivity contribution in [2.45, 2.75) is 50.4 Å².